The normalized spacial score (nSPS) is 14.2. The standard InChI is InChI=1S/C23H22N8OS.ClH/c1-2-17-18(11-15(1)13-31-6-8-32-9-7-31)28-23(27-17)21-19(12-25-30-21)26-20-3-5-24-22(29-20)16-4-10-33-14-16;/h1-5,10-12,14H,6-9,13H2,(H,25,30)(H,27,28)(H,24,26,29);1H. The summed E-state index contributed by atoms with van der Waals surface area (Å²) in [4.78, 5) is 19.6. The minimum absolute atomic E-state index is 0. The number of nitrogens with zero attached hydrogens (tertiary/aromatic N) is 5. The second-order valence-electron chi connectivity index (χ2n) is 7.88. The van der Waals surface area contributed by atoms with Crippen molar-refractivity contribution >= 4 is 46.3 Å². The van der Waals surface area contributed by atoms with E-state index in [4.69, 9.17) is 9.72 Å². The Bertz CT molecular complexity index is 1380. The zero-order valence-corrected chi connectivity index (χ0v) is 19.8. The minimum atomic E-state index is 0. The van der Waals surface area contributed by atoms with Crippen molar-refractivity contribution in [3.05, 3.63) is 59.0 Å². The Morgan fingerprint density at radius 2 is 2.03 bits per heavy atom. The van der Waals surface area contributed by atoms with Gasteiger partial charge < -0.3 is 15.0 Å². The quantitative estimate of drug-likeness (QED) is 0.319. The van der Waals surface area contributed by atoms with E-state index in [-0.39, 0.29) is 12.4 Å². The van der Waals surface area contributed by atoms with Crippen molar-refractivity contribution in [2.75, 3.05) is 31.6 Å². The van der Waals surface area contributed by atoms with Crippen molar-refractivity contribution < 1.29 is 4.74 Å². The highest BCUT2D eigenvalue weighted by atomic mass is 35.5. The van der Waals surface area contributed by atoms with Gasteiger partial charge in [-0.15, -0.1) is 12.4 Å². The molecule has 6 rings (SSSR count). The highest BCUT2D eigenvalue weighted by Gasteiger charge is 2.16. The van der Waals surface area contributed by atoms with Crippen LogP contribution in [0.2, 0.25) is 0 Å². The van der Waals surface area contributed by atoms with Crippen LogP contribution in [0.15, 0.2) is 53.5 Å². The SMILES string of the molecule is Cl.c1cc(Nc2c[nH]nc2-c2nc3cc(CN4CCOCC4)ccc3[nH]2)nc(-c2ccsc2)n1. The van der Waals surface area contributed by atoms with Crippen LogP contribution in [-0.4, -0.2) is 61.3 Å². The molecule has 0 saturated carbocycles. The van der Waals surface area contributed by atoms with E-state index in [0.717, 1.165) is 55.1 Å². The first-order valence-corrected chi connectivity index (χ1v) is 11.7. The molecule has 3 N–H and O–H groups in total. The number of benzene rings is 1. The van der Waals surface area contributed by atoms with E-state index < -0.39 is 0 Å². The minimum Gasteiger partial charge on any atom is -0.379 e. The first kappa shape index (κ1) is 22.5. The topological polar surface area (TPSA) is 108 Å². The Kier molecular flexibility index (Phi) is 6.54. The van der Waals surface area contributed by atoms with Gasteiger partial charge in [-0.1, -0.05) is 6.07 Å². The number of H-pyrrole nitrogens is 2. The number of nitrogens with one attached hydrogen (secondary N) is 3. The molecule has 1 saturated heterocycles. The fourth-order valence-electron chi connectivity index (χ4n) is 3.94. The number of hydrogen-bond acceptors (Lipinski definition) is 8. The number of aromatic nitrogens is 6. The van der Waals surface area contributed by atoms with Gasteiger partial charge in [0.25, 0.3) is 0 Å². The van der Waals surface area contributed by atoms with Gasteiger partial charge in [0.15, 0.2) is 17.3 Å². The number of fused-ring (bicyclic) bond motifs is 1. The lowest BCUT2D eigenvalue weighted by Gasteiger charge is -2.26. The van der Waals surface area contributed by atoms with E-state index in [2.05, 4.69) is 53.6 Å². The maximum atomic E-state index is 5.45. The third-order valence-electron chi connectivity index (χ3n) is 5.62. The Morgan fingerprint density at radius 3 is 2.88 bits per heavy atom. The summed E-state index contributed by atoms with van der Waals surface area (Å²) in [6, 6.07) is 10.2. The van der Waals surface area contributed by atoms with E-state index >= 15 is 0 Å². The fraction of sp³-hybridized carbons (Fsp3) is 0.217. The van der Waals surface area contributed by atoms with Gasteiger partial charge in [0.1, 0.15) is 5.82 Å². The van der Waals surface area contributed by atoms with E-state index in [0.29, 0.717) is 23.2 Å². The third-order valence-corrected chi connectivity index (χ3v) is 6.30. The first-order valence-electron chi connectivity index (χ1n) is 10.8. The number of aromatic amines is 2. The fourth-order valence-corrected chi connectivity index (χ4v) is 4.58. The largest absolute Gasteiger partial charge is 0.379 e. The number of morpholine rings is 1. The molecule has 5 aromatic rings. The Hall–Kier alpha value is -3.31. The lowest BCUT2D eigenvalue weighted by atomic mass is 10.2. The van der Waals surface area contributed by atoms with E-state index in [1.54, 1.807) is 23.7 Å². The second kappa shape index (κ2) is 9.90. The van der Waals surface area contributed by atoms with E-state index in [9.17, 15) is 0 Å². The van der Waals surface area contributed by atoms with Gasteiger partial charge in [0.05, 0.1) is 29.9 Å². The molecule has 1 aliphatic heterocycles. The molecular formula is C23H23ClN8OS. The second-order valence-corrected chi connectivity index (χ2v) is 8.66. The first-order chi connectivity index (χ1) is 16.3. The summed E-state index contributed by atoms with van der Waals surface area (Å²) in [5, 5.41) is 14.7. The van der Waals surface area contributed by atoms with Gasteiger partial charge in [0, 0.05) is 43.0 Å². The number of hydrogen-bond donors (Lipinski definition) is 3. The van der Waals surface area contributed by atoms with Gasteiger partial charge in [-0.05, 0) is 35.2 Å². The molecule has 0 radical (unpaired) electrons. The summed E-state index contributed by atoms with van der Waals surface area (Å²) in [5.74, 6) is 2.07. The molecule has 0 aliphatic carbocycles. The molecule has 1 aliphatic rings. The predicted molar refractivity (Wildman–Crippen MR) is 136 cm³/mol. The molecule has 0 atom stereocenters. The molecule has 0 unspecified atom stereocenters. The molecule has 11 heteroatoms. The molecule has 0 amide bonds. The lowest BCUT2D eigenvalue weighted by Crippen LogP contribution is -2.35. The molecule has 34 heavy (non-hydrogen) atoms. The van der Waals surface area contributed by atoms with E-state index in [1.807, 2.05) is 22.9 Å². The summed E-state index contributed by atoms with van der Waals surface area (Å²) in [6.45, 7) is 4.42. The Labute approximate surface area is 206 Å². The van der Waals surface area contributed by atoms with Crippen LogP contribution in [-0.2, 0) is 11.3 Å². The van der Waals surface area contributed by atoms with Gasteiger partial charge in [-0.3, -0.25) is 10.00 Å². The van der Waals surface area contributed by atoms with Crippen molar-refractivity contribution in [1.29, 1.82) is 0 Å². The highest BCUT2D eigenvalue weighted by Crippen LogP contribution is 2.28. The molecule has 1 aromatic carbocycles. The van der Waals surface area contributed by atoms with Crippen molar-refractivity contribution in [2.24, 2.45) is 0 Å². The van der Waals surface area contributed by atoms with E-state index in [1.165, 1.54) is 5.56 Å². The van der Waals surface area contributed by atoms with Crippen molar-refractivity contribution in [3.8, 4) is 22.9 Å². The zero-order valence-electron chi connectivity index (χ0n) is 18.2. The zero-order chi connectivity index (χ0) is 22.0. The van der Waals surface area contributed by atoms with Gasteiger partial charge >= 0.3 is 0 Å². The van der Waals surface area contributed by atoms with Crippen molar-refractivity contribution in [2.45, 2.75) is 6.54 Å². The van der Waals surface area contributed by atoms with Crippen LogP contribution in [0.3, 0.4) is 0 Å². The molecule has 0 bridgehead atoms. The number of imidazole rings is 1. The Balaban J connectivity index is 0.00000241. The number of anilines is 2. The van der Waals surface area contributed by atoms with Crippen molar-refractivity contribution in [3.63, 3.8) is 0 Å². The summed E-state index contributed by atoms with van der Waals surface area (Å²) >= 11 is 1.62. The predicted octanol–water partition coefficient (Wildman–Crippen LogP) is 4.47. The molecule has 5 heterocycles. The number of halogens is 1. The van der Waals surface area contributed by atoms with Gasteiger partial charge in [-0.2, -0.15) is 16.4 Å². The van der Waals surface area contributed by atoms with Gasteiger partial charge in [-0.25, -0.2) is 15.0 Å². The summed E-state index contributed by atoms with van der Waals surface area (Å²) < 4.78 is 5.45. The van der Waals surface area contributed by atoms with Crippen LogP contribution < -0.4 is 5.32 Å². The molecule has 174 valence electrons. The van der Waals surface area contributed by atoms with Crippen LogP contribution in [0.5, 0.6) is 0 Å². The Morgan fingerprint density at radius 1 is 1.12 bits per heavy atom. The monoisotopic (exact) mass is 494 g/mol. The lowest BCUT2D eigenvalue weighted by molar-refractivity contribution is 0.0342. The van der Waals surface area contributed by atoms with Crippen LogP contribution in [0.25, 0.3) is 33.9 Å². The van der Waals surface area contributed by atoms with Crippen LogP contribution >= 0.6 is 23.7 Å². The van der Waals surface area contributed by atoms with Gasteiger partial charge in [0.2, 0.25) is 0 Å². The van der Waals surface area contributed by atoms with Crippen LogP contribution in [0.1, 0.15) is 5.56 Å². The molecule has 1 fully saturated rings. The number of ether oxygens (including phenoxy) is 1. The molecule has 4 aromatic heterocycles. The molecular weight excluding hydrogens is 472 g/mol. The molecule has 9 nitrogen and oxygen atoms in total. The number of rotatable bonds is 6. The average Bonchev–Trinajstić information content (AvgIpc) is 3.60. The van der Waals surface area contributed by atoms with Crippen LogP contribution in [0, 0.1) is 0 Å². The third kappa shape index (κ3) is 4.66. The summed E-state index contributed by atoms with van der Waals surface area (Å²) in [7, 11) is 0. The average molecular weight is 495 g/mol. The smallest absolute Gasteiger partial charge is 0.162 e. The number of thiophene rings is 1. The summed E-state index contributed by atoms with van der Waals surface area (Å²) in [5.41, 5.74) is 5.64. The highest BCUT2D eigenvalue weighted by molar-refractivity contribution is 7.08. The summed E-state index contributed by atoms with van der Waals surface area (Å²) in [6.07, 6.45) is 3.55. The molecule has 0 spiro atoms. The maximum Gasteiger partial charge on any atom is 0.162 e. The van der Waals surface area contributed by atoms with Crippen LogP contribution in [0.4, 0.5) is 11.5 Å². The van der Waals surface area contributed by atoms with Crippen molar-refractivity contribution in [1.82, 2.24) is 35.0 Å². The maximum absolute atomic E-state index is 5.45.